The molecule has 2 aromatic carbocycles. The third-order valence-corrected chi connectivity index (χ3v) is 9.11. The Kier molecular flexibility index (Phi) is 6.61. The molecular weight excluding hydrogens is 546 g/mol. The summed E-state index contributed by atoms with van der Waals surface area (Å²) in [5, 5.41) is 20.0. The van der Waals surface area contributed by atoms with Crippen LogP contribution in [0.4, 0.5) is 0 Å². The Morgan fingerprint density at radius 3 is 2.46 bits per heavy atom. The zero-order valence-corrected chi connectivity index (χ0v) is 23.3. The number of hydrogen-bond donors (Lipinski definition) is 2. The molecule has 210 valence electrons. The van der Waals surface area contributed by atoms with Crippen LogP contribution in [-0.2, 0) is 25.6 Å². The van der Waals surface area contributed by atoms with Gasteiger partial charge in [-0.05, 0) is 73.6 Å². The summed E-state index contributed by atoms with van der Waals surface area (Å²) in [7, 11) is 1.39. The first-order valence-corrected chi connectivity index (χ1v) is 13.9. The average molecular weight is 574 g/mol. The summed E-state index contributed by atoms with van der Waals surface area (Å²) >= 11 is 6.35. The molecule has 0 saturated carbocycles. The molecule has 2 N–H and O–H groups in total. The van der Waals surface area contributed by atoms with Crippen molar-refractivity contribution in [1.29, 1.82) is 0 Å². The molecule has 4 unspecified atom stereocenters. The molecule has 0 aromatic heterocycles. The Morgan fingerprint density at radius 1 is 1.02 bits per heavy atom. The first kappa shape index (κ1) is 27.0. The summed E-state index contributed by atoms with van der Waals surface area (Å²) in [4.78, 5) is 55.5. The lowest BCUT2D eigenvalue weighted by atomic mass is 9.59. The molecule has 1 heterocycles. The largest absolute Gasteiger partial charge is 0.508 e. The smallest absolute Gasteiger partial charge is 0.233 e. The number of carbonyl (C=O) groups excluding carboxylic acids is 4. The van der Waals surface area contributed by atoms with Gasteiger partial charge in [0.15, 0.2) is 23.1 Å². The Morgan fingerprint density at radius 2 is 1.76 bits per heavy atom. The van der Waals surface area contributed by atoms with Crippen molar-refractivity contribution >= 4 is 35.0 Å². The number of fused-ring (bicyclic) bond motifs is 3. The Balaban J connectivity index is 1.40. The van der Waals surface area contributed by atoms with Gasteiger partial charge < -0.3 is 14.9 Å². The number of benzene rings is 2. The molecule has 3 aliphatic carbocycles. The summed E-state index contributed by atoms with van der Waals surface area (Å²) in [5.41, 5.74) is 3.26. The standard InChI is InChI=1S/C32H28ClNO7/c1-15-11-24(36)28-22(29(15)37)14-21-19(26(28)17-12-23(33)30(38)25(13-17)41-2)7-8-20-27(21)32(40)34(31(20)39)10-9-16-3-5-18(35)6-4-16/h3-7,11-13,20-21,26-27,35,38H,8-10,14H2,1-2H3. The normalized spacial score (nSPS) is 25.5. The minimum Gasteiger partial charge on any atom is -0.508 e. The van der Waals surface area contributed by atoms with E-state index >= 15 is 0 Å². The fourth-order valence-corrected chi connectivity index (χ4v) is 7.09. The lowest BCUT2D eigenvalue weighted by Crippen LogP contribution is -2.40. The number of hydrogen-bond acceptors (Lipinski definition) is 7. The number of halogens is 1. The maximum absolute atomic E-state index is 13.9. The van der Waals surface area contributed by atoms with Crippen LogP contribution in [-0.4, -0.2) is 52.1 Å². The van der Waals surface area contributed by atoms with Crippen molar-refractivity contribution < 1.29 is 34.1 Å². The van der Waals surface area contributed by atoms with Crippen LogP contribution in [0.5, 0.6) is 17.2 Å². The lowest BCUT2D eigenvalue weighted by Gasteiger charge is -2.42. The first-order valence-electron chi connectivity index (χ1n) is 13.5. The van der Waals surface area contributed by atoms with Gasteiger partial charge in [0.05, 0.1) is 24.0 Å². The number of rotatable bonds is 5. The van der Waals surface area contributed by atoms with Crippen molar-refractivity contribution in [2.45, 2.75) is 32.1 Å². The number of imide groups is 1. The highest BCUT2D eigenvalue weighted by molar-refractivity contribution is 6.32. The van der Waals surface area contributed by atoms with E-state index in [-0.39, 0.29) is 58.6 Å². The fourth-order valence-electron chi connectivity index (χ4n) is 6.87. The van der Waals surface area contributed by atoms with Crippen molar-refractivity contribution in [2.24, 2.45) is 17.8 Å². The predicted octanol–water partition coefficient (Wildman–Crippen LogP) is 4.43. The van der Waals surface area contributed by atoms with E-state index in [4.69, 9.17) is 16.3 Å². The van der Waals surface area contributed by atoms with Gasteiger partial charge in [0.25, 0.3) is 0 Å². The number of carbonyl (C=O) groups is 4. The number of ketones is 2. The average Bonchev–Trinajstić information content (AvgIpc) is 3.20. The molecule has 2 amide bonds. The van der Waals surface area contributed by atoms with Crippen LogP contribution in [0, 0.1) is 17.8 Å². The van der Waals surface area contributed by atoms with E-state index in [0.29, 0.717) is 35.1 Å². The number of ether oxygens (including phenoxy) is 1. The van der Waals surface area contributed by atoms with E-state index in [1.807, 2.05) is 6.08 Å². The highest BCUT2D eigenvalue weighted by Gasteiger charge is 2.56. The van der Waals surface area contributed by atoms with Gasteiger partial charge >= 0.3 is 0 Å². The SMILES string of the molecule is COc1cc(C2C3=CCC4C(=O)N(CCc5ccc(O)cc5)C(=O)C4C3CC3=C2C(=O)C=C(C)C3=O)cc(Cl)c1O. The third kappa shape index (κ3) is 4.28. The zero-order chi connectivity index (χ0) is 29.2. The lowest BCUT2D eigenvalue weighted by molar-refractivity contribution is -0.140. The maximum atomic E-state index is 13.9. The molecule has 4 aliphatic rings. The van der Waals surface area contributed by atoms with Crippen LogP contribution in [0.25, 0.3) is 0 Å². The molecule has 4 atom stereocenters. The second kappa shape index (κ2) is 10.0. The van der Waals surface area contributed by atoms with E-state index in [2.05, 4.69) is 0 Å². The highest BCUT2D eigenvalue weighted by atomic mass is 35.5. The minimum atomic E-state index is -0.688. The fraction of sp³-hybridized carbons (Fsp3) is 0.312. The molecule has 8 nitrogen and oxygen atoms in total. The second-order valence-corrected chi connectivity index (χ2v) is 11.4. The van der Waals surface area contributed by atoms with E-state index in [1.54, 1.807) is 43.3 Å². The van der Waals surface area contributed by atoms with Gasteiger partial charge in [-0.3, -0.25) is 24.1 Å². The summed E-state index contributed by atoms with van der Waals surface area (Å²) in [6, 6.07) is 9.79. The summed E-state index contributed by atoms with van der Waals surface area (Å²) < 4.78 is 5.33. The summed E-state index contributed by atoms with van der Waals surface area (Å²) in [6.07, 6.45) is 4.24. The van der Waals surface area contributed by atoms with Crippen LogP contribution < -0.4 is 4.74 Å². The van der Waals surface area contributed by atoms with Crippen LogP contribution in [0.1, 0.15) is 36.8 Å². The Bertz CT molecular complexity index is 1620. The van der Waals surface area contributed by atoms with Crippen molar-refractivity contribution in [3.8, 4) is 17.2 Å². The summed E-state index contributed by atoms with van der Waals surface area (Å²) in [5.74, 6) is -3.38. The monoisotopic (exact) mass is 573 g/mol. The molecule has 2 aromatic rings. The van der Waals surface area contributed by atoms with Crippen LogP contribution in [0.15, 0.2) is 70.8 Å². The topological polar surface area (TPSA) is 121 Å². The highest BCUT2D eigenvalue weighted by Crippen LogP contribution is 2.56. The van der Waals surface area contributed by atoms with E-state index in [1.165, 1.54) is 18.1 Å². The number of Topliss-reactive ketones (excluding diaryl/α,β-unsaturated/α-hetero) is 1. The molecule has 0 radical (unpaired) electrons. The van der Waals surface area contributed by atoms with E-state index < -0.39 is 23.7 Å². The summed E-state index contributed by atoms with van der Waals surface area (Å²) in [6.45, 7) is 1.81. The van der Waals surface area contributed by atoms with Crippen molar-refractivity contribution in [2.75, 3.05) is 13.7 Å². The van der Waals surface area contributed by atoms with Crippen LogP contribution >= 0.6 is 11.6 Å². The number of likely N-dealkylation sites (tertiary alicyclic amines) is 1. The molecule has 9 heteroatoms. The van der Waals surface area contributed by atoms with Gasteiger partial charge in [-0.1, -0.05) is 35.4 Å². The van der Waals surface area contributed by atoms with Gasteiger partial charge in [0.1, 0.15) is 5.75 Å². The van der Waals surface area contributed by atoms with Gasteiger partial charge in [0, 0.05) is 29.2 Å². The van der Waals surface area contributed by atoms with E-state index in [0.717, 1.165) is 11.1 Å². The number of amides is 2. The number of nitrogens with zero attached hydrogens (tertiary/aromatic N) is 1. The third-order valence-electron chi connectivity index (χ3n) is 8.82. The molecule has 1 aliphatic heterocycles. The molecular formula is C32H28ClNO7. The minimum absolute atomic E-state index is 0.0340. The Hall–Kier alpha value is -4.17. The number of phenolic OH excluding ortho intramolecular Hbond substituents is 2. The molecule has 0 spiro atoms. The first-order chi connectivity index (χ1) is 19.6. The molecule has 0 bridgehead atoms. The number of methoxy groups -OCH3 is 1. The van der Waals surface area contributed by atoms with Crippen molar-refractivity contribution in [3.05, 3.63) is 87.0 Å². The van der Waals surface area contributed by atoms with Crippen LogP contribution in [0.3, 0.4) is 0 Å². The van der Waals surface area contributed by atoms with Crippen molar-refractivity contribution in [3.63, 3.8) is 0 Å². The maximum Gasteiger partial charge on any atom is 0.233 e. The van der Waals surface area contributed by atoms with Gasteiger partial charge in [-0.15, -0.1) is 0 Å². The number of aromatic hydroxyl groups is 2. The number of phenols is 2. The predicted molar refractivity (Wildman–Crippen MR) is 150 cm³/mol. The Labute approximate surface area is 241 Å². The molecule has 41 heavy (non-hydrogen) atoms. The van der Waals surface area contributed by atoms with Crippen molar-refractivity contribution in [1.82, 2.24) is 4.90 Å². The quantitative estimate of drug-likeness (QED) is 0.308. The zero-order valence-electron chi connectivity index (χ0n) is 22.5. The van der Waals surface area contributed by atoms with Gasteiger partial charge in [-0.2, -0.15) is 0 Å². The number of allylic oxidation sites excluding steroid dienone is 6. The van der Waals surface area contributed by atoms with E-state index in [9.17, 15) is 29.4 Å². The molecule has 6 rings (SSSR count). The molecule has 1 saturated heterocycles. The second-order valence-electron chi connectivity index (χ2n) is 11.0. The molecule has 1 fully saturated rings. The van der Waals surface area contributed by atoms with Crippen LogP contribution in [0.2, 0.25) is 5.02 Å². The van der Waals surface area contributed by atoms with Gasteiger partial charge in [-0.25, -0.2) is 0 Å². The van der Waals surface area contributed by atoms with Gasteiger partial charge in [0.2, 0.25) is 11.8 Å².